The first-order valence-corrected chi connectivity index (χ1v) is 19.5. The molecule has 3 aromatic carbocycles. The van der Waals surface area contributed by atoms with E-state index in [1.807, 2.05) is 25.2 Å². The molecule has 0 bridgehead atoms. The van der Waals surface area contributed by atoms with Gasteiger partial charge in [0.25, 0.3) is 11.4 Å². The van der Waals surface area contributed by atoms with Crippen molar-refractivity contribution in [2.45, 2.75) is 76.5 Å². The van der Waals surface area contributed by atoms with E-state index < -0.39 is 49.0 Å². The average molecular weight is 757 g/mol. The van der Waals surface area contributed by atoms with Crippen LogP contribution in [-0.2, 0) is 38.3 Å². The van der Waals surface area contributed by atoms with E-state index in [9.17, 15) is 38.3 Å². The molecule has 0 saturated carbocycles. The standard InChI is InChI=1S/C39H45N6O8P/c1-22(2)24-9-7-23(8-10-24)20-44(3)21-29(13-16-34(40)46)41-37(48)33-19-26-6-4-5-25-11-15-31(38(49)45(33)35(25)26)43-36(47)32-18-28-17-27(12-14-30(28)42-32)39(50)54(51,52)53/h4-10,12,14,17-18,22,29,31,33,42H,11,13,15-16,19-21H2,1-3H3,(H2,40,46)(H,41,48)(H,43,47)(H2,51,52,53)/t29-,31-,33-/m0/s1. The van der Waals surface area contributed by atoms with Gasteiger partial charge in [-0.25, -0.2) is 0 Å². The van der Waals surface area contributed by atoms with E-state index >= 15 is 0 Å². The minimum absolute atomic E-state index is 0.0721. The molecule has 0 radical (unpaired) electrons. The molecular formula is C39H45N6O8P. The molecule has 2 aliphatic heterocycles. The number of carbonyl (C=O) groups excluding carboxylic acids is 5. The zero-order chi connectivity index (χ0) is 38.9. The van der Waals surface area contributed by atoms with Crippen molar-refractivity contribution < 1.29 is 38.3 Å². The van der Waals surface area contributed by atoms with Crippen molar-refractivity contribution >= 4 is 53.3 Å². The molecule has 0 fully saturated rings. The predicted octanol–water partition coefficient (Wildman–Crippen LogP) is 3.49. The maximum atomic E-state index is 14.3. The predicted molar refractivity (Wildman–Crippen MR) is 203 cm³/mol. The van der Waals surface area contributed by atoms with E-state index in [1.165, 1.54) is 34.7 Å². The molecule has 0 saturated heterocycles. The van der Waals surface area contributed by atoms with Crippen LogP contribution in [0.15, 0.2) is 66.7 Å². The van der Waals surface area contributed by atoms with E-state index in [-0.39, 0.29) is 36.4 Å². The Kier molecular flexibility index (Phi) is 11.2. The molecule has 14 nitrogen and oxygen atoms in total. The molecule has 2 aliphatic rings. The number of carbonyl (C=O) groups is 5. The van der Waals surface area contributed by atoms with Crippen LogP contribution in [0.25, 0.3) is 10.9 Å². The molecule has 15 heteroatoms. The second-order valence-corrected chi connectivity index (χ2v) is 16.0. The Labute approximate surface area is 312 Å². The molecule has 4 aromatic rings. The maximum absolute atomic E-state index is 14.3. The molecule has 1 aromatic heterocycles. The molecule has 0 aliphatic carbocycles. The molecule has 0 unspecified atom stereocenters. The quantitative estimate of drug-likeness (QED) is 0.104. The Balaban J connectivity index is 1.18. The van der Waals surface area contributed by atoms with Crippen LogP contribution >= 0.6 is 7.60 Å². The Morgan fingerprint density at radius 2 is 1.76 bits per heavy atom. The summed E-state index contributed by atoms with van der Waals surface area (Å²) in [6.45, 7) is 5.33. The smallest absolute Gasteiger partial charge is 0.370 e. The van der Waals surface area contributed by atoms with E-state index in [0.717, 1.165) is 16.7 Å². The number of aromatic nitrogens is 1. The summed E-state index contributed by atoms with van der Waals surface area (Å²) in [6, 6.07) is 17.2. The number of likely N-dealkylation sites (N-methyl/N-ethyl adjacent to an activating group) is 1. The molecule has 4 amide bonds. The van der Waals surface area contributed by atoms with Crippen LogP contribution in [-0.4, -0.2) is 80.5 Å². The minimum atomic E-state index is -5.01. The van der Waals surface area contributed by atoms with E-state index in [1.54, 1.807) is 0 Å². The number of hydrogen-bond acceptors (Lipinski definition) is 7. The summed E-state index contributed by atoms with van der Waals surface area (Å²) in [5.41, 5.74) is 9.25. The van der Waals surface area contributed by atoms with Crippen LogP contribution < -0.4 is 21.3 Å². The lowest BCUT2D eigenvalue weighted by Crippen LogP contribution is -2.56. The van der Waals surface area contributed by atoms with Crippen LogP contribution in [0.3, 0.4) is 0 Å². The molecule has 0 spiro atoms. The lowest BCUT2D eigenvalue weighted by atomic mass is 10.0. The molecule has 54 heavy (non-hydrogen) atoms. The molecule has 284 valence electrons. The number of benzene rings is 3. The average Bonchev–Trinajstić information content (AvgIpc) is 3.70. The van der Waals surface area contributed by atoms with Crippen molar-refractivity contribution in [3.8, 4) is 0 Å². The number of aryl methyl sites for hydroxylation is 1. The lowest BCUT2D eigenvalue weighted by molar-refractivity contribution is -0.127. The third-order valence-corrected chi connectivity index (χ3v) is 10.9. The highest BCUT2D eigenvalue weighted by molar-refractivity contribution is 7.70. The summed E-state index contributed by atoms with van der Waals surface area (Å²) in [5, 5.41) is 6.30. The van der Waals surface area contributed by atoms with E-state index in [0.29, 0.717) is 48.4 Å². The highest BCUT2D eigenvalue weighted by atomic mass is 31.2. The van der Waals surface area contributed by atoms with Crippen molar-refractivity contribution in [3.63, 3.8) is 0 Å². The number of para-hydroxylation sites is 1. The van der Waals surface area contributed by atoms with Gasteiger partial charge in [-0.3, -0.25) is 33.4 Å². The van der Waals surface area contributed by atoms with E-state index in [2.05, 4.69) is 58.6 Å². The Morgan fingerprint density at radius 1 is 1.04 bits per heavy atom. The van der Waals surface area contributed by atoms with Crippen LogP contribution in [0.4, 0.5) is 5.69 Å². The number of hydrogen-bond donors (Lipinski definition) is 6. The van der Waals surface area contributed by atoms with Gasteiger partial charge in [0.1, 0.15) is 17.8 Å². The first-order valence-electron chi connectivity index (χ1n) is 17.9. The van der Waals surface area contributed by atoms with Gasteiger partial charge >= 0.3 is 7.60 Å². The largest absolute Gasteiger partial charge is 0.396 e. The van der Waals surface area contributed by atoms with Crippen LogP contribution in [0.1, 0.15) is 82.1 Å². The summed E-state index contributed by atoms with van der Waals surface area (Å²) in [5.74, 6) is -1.48. The number of rotatable bonds is 14. The third kappa shape index (κ3) is 8.47. The highest BCUT2D eigenvalue weighted by Gasteiger charge is 2.44. The van der Waals surface area contributed by atoms with Crippen molar-refractivity contribution in [1.29, 1.82) is 0 Å². The second-order valence-electron chi connectivity index (χ2n) is 14.6. The fraction of sp³-hybridized carbons (Fsp3) is 0.359. The zero-order valence-corrected chi connectivity index (χ0v) is 31.3. The third-order valence-electron chi connectivity index (χ3n) is 10.1. The minimum Gasteiger partial charge on any atom is -0.370 e. The summed E-state index contributed by atoms with van der Waals surface area (Å²) in [7, 11) is -3.06. The first-order chi connectivity index (χ1) is 25.6. The van der Waals surface area contributed by atoms with Gasteiger partial charge in [-0.05, 0) is 78.7 Å². The molecule has 6 rings (SSSR count). The number of H-pyrrole nitrogens is 1. The van der Waals surface area contributed by atoms with Crippen LogP contribution in [0.5, 0.6) is 0 Å². The highest BCUT2D eigenvalue weighted by Crippen LogP contribution is 2.40. The first kappa shape index (κ1) is 38.6. The summed E-state index contributed by atoms with van der Waals surface area (Å²) < 4.78 is 11.5. The number of aromatic amines is 1. The van der Waals surface area contributed by atoms with Gasteiger partial charge < -0.3 is 36.0 Å². The fourth-order valence-electron chi connectivity index (χ4n) is 7.35. The number of anilines is 1. The van der Waals surface area contributed by atoms with Crippen LogP contribution in [0, 0.1) is 0 Å². The van der Waals surface area contributed by atoms with Gasteiger partial charge in [0.15, 0.2) is 0 Å². The fourth-order valence-corrected chi connectivity index (χ4v) is 7.83. The van der Waals surface area contributed by atoms with Crippen molar-refractivity contribution in [2.24, 2.45) is 5.73 Å². The van der Waals surface area contributed by atoms with Gasteiger partial charge in [0, 0.05) is 48.4 Å². The molecule has 3 heterocycles. The second kappa shape index (κ2) is 15.7. The van der Waals surface area contributed by atoms with Crippen LogP contribution in [0.2, 0.25) is 0 Å². The number of fused-ring (bicyclic) bond motifs is 1. The number of nitrogens with zero attached hydrogens (tertiary/aromatic N) is 2. The van der Waals surface area contributed by atoms with Gasteiger partial charge in [-0.15, -0.1) is 0 Å². The Hall–Kier alpha value is -5.14. The SMILES string of the molecule is CC(C)c1ccc(CN(C)C[C@H](CCC(N)=O)NC(=O)[C@@H]2Cc3cccc4c3N2C(=O)[C@@H](NC(=O)c2cc3cc(C(=O)P(=O)(O)O)ccc3[nH]2)CC4)cc1. The van der Waals surface area contributed by atoms with Gasteiger partial charge in [0.05, 0.1) is 5.69 Å². The summed E-state index contributed by atoms with van der Waals surface area (Å²) in [6.07, 6.45) is 1.41. The van der Waals surface area contributed by atoms with Gasteiger partial charge in [-0.2, -0.15) is 0 Å². The maximum Gasteiger partial charge on any atom is 0.396 e. The number of nitrogens with two attached hydrogens (primary N) is 1. The van der Waals surface area contributed by atoms with Crippen molar-refractivity contribution in [3.05, 3.63) is 100 Å². The summed E-state index contributed by atoms with van der Waals surface area (Å²) >= 11 is 0. The Bertz CT molecular complexity index is 2160. The monoisotopic (exact) mass is 756 g/mol. The van der Waals surface area contributed by atoms with E-state index in [4.69, 9.17) is 5.73 Å². The lowest BCUT2D eigenvalue weighted by Gasteiger charge is -2.30. The topological polar surface area (TPSA) is 215 Å². The Morgan fingerprint density at radius 3 is 2.44 bits per heavy atom. The molecular weight excluding hydrogens is 711 g/mol. The zero-order valence-electron chi connectivity index (χ0n) is 30.4. The number of nitrogens with one attached hydrogen (secondary N) is 3. The normalized spacial score (nSPS) is 17.4. The number of amides is 4. The molecule has 3 atom stereocenters. The van der Waals surface area contributed by atoms with Gasteiger partial charge in [0.2, 0.25) is 17.7 Å². The van der Waals surface area contributed by atoms with Crippen molar-refractivity contribution in [2.75, 3.05) is 18.5 Å². The van der Waals surface area contributed by atoms with Gasteiger partial charge in [-0.1, -0.05) is 56.3 Å². The molecule has 7 N–H and O–H groups in total. The van der Waals surface area contributed by atoms with Crippen molar-refractivity contribution in [1.82, 2.24) is 20.5 Å². The number of primary amides is 1. The summed E-state index contributed by atoms with van der Waals surface area (Å²) in [4.78, 5) is 91.1.